The summed E-state index contributed by atoms with van der Waals surface area (Å²) < 4.78 is 11.0. The molecule has 2 bridgehead atoms. The molecule has 2 fully saturated rings. The van der Waals surface area contributed by atoms with Gasteiger partial charge >= 0.3 is 0 Å². The summed E-state index contributed by atoms with van der Waals surface area (Å²) in [6.45, 7) is 7.79. The van der Waals surface area contributed by atoms with Gasteiger partial charge in [-0.1, -0.05) is 26.0 Å². The topological polar surface area (TPSA) is 50.8 Å². The number of methoxy groups -OCH3 is 1. The van der Waals surface area contributed by atoms with Gasteiger partial charge in [0.05, 0.1) is 18.3 Å². The molecular weight excluding hydrogens is 400 g/mol. The summed E-state index contributed by atoms with van der Waals surface area (Å²) in [5, 5.41) is 3.53. The Hall–Kier alpha value is -2.37. The lowest BCUT2D eigenvalue weighted by molar-refractivity contribution is 0.0266. The van der Waals surface area contributed by atoms with Crippen molar-refractivity contribution in [3.63, 3.8) is 0 Å². The van der Waals surface area contributed by atoms with Crippen molar-refractivity contribution in [3.05, 3.63) is 53.6 Å². The number of nitrogens with one attached hydrogen (secondary N) is 1. The van der Waals surface area contributed by atoms with E-state index in [1.807, 2.05) is 36.4 Å². The predicted octanol–water partition coefficient (Wildman–Crippen LogP) is 5.03. The van der Waals surface area contributed by atoms with Crippen molar-refractivity contribution in [2.45, 2.75) is 44.6 Å². The number of rotatable bonds is 8. The first-order chi connectivity index (χ1) is 15.5. The van der Waals surface area contributed by atoms with E-state index in [1.54, 1.807) is 7.11 Å². The first-order valence-corrected chi connectivity index (χ1v) is 11.9. The summed E-state index contributed by atoms with van der Waals surface area (Å²) >= 11 is 0. The van der Waals surface area contributed by atoms with Crippen molar-refractivity contribution in [2.75, 3.05) is 38.7 Å². The molecule has 1 saturated carbocycles. The molecule has 1 aliphatic heterocycles. The Balaban J connectivity index is 1.43. The van der Waals surface area contributed by atoms with Crippen LogP contribution in [0.5, 0.6) is 5.75 Å². The first-order valence-electron chi connectivity index (χ1n) is 11.9. The van der Waals surface area contributed by atoms with E-state index in [4.69, 9.17) is 9.47 Å². The summed E-state index contributed by atoms with van der Waals surface area (Å²) in [7, 11) is 1.67. The van der Waals surface area contributed by atoms with Crippen LogP contribution in [0.15, 0.2) is 42.5 Å². The van der Waals surface area contributed by atoms with E-state index in [9.17, 15) is 4.79 Å². The standard InChI is InChI=1S/C27H34N2O3/c1-18-25-26(30)21-11-10-20(28-23-6-4-5-7-24(23)32-15-14-31-3)16-22(21)27(18,2)12-13-29(25)17-19-8-9-19/h4-7,10-11,16,18-19,25,28H,8-9,12-15,17H2,1-3H3/t18-,25?,27+/m0/s1. The van der Waals surface area contributed by atoms with Crippen molar-refractivity contribution < 1.29 is 14.3 Å². The van der Waals surface area contributed by atoms with Crippen LogP contribution in [0.1, 0.15) is 49.0 Å². The van der Waals surface area contributed by atoms with Gasteiger partial charge < -0.3 is 14.8 Å². The fraction of sp³-hybridized carbons (Fsp3) is 0.519. The predicted molar refractivity (Wildman–Crippen MR) is 127 cm³/mol. The molecule has 2 aromatic rings. The van der Waals surface area contributed by atoms with Gasteiger partial charge in [0.25, 0.3) is 0 Å². The second kappa shape index (κ2) is 8.53. The Labute approximate surface area is 191 Å². The van der Waals surface area contributed by atoms with Crippen LogP contribution in [0.25, 0.3) is 0 Å². The third-order valence-electron chi connectivity index (χ3n) is 7.86. The highest BCUT2D eigenvalue weighted by Crippen LogP contribution is 2.50. The van der Waals surface area contributed by atoms with Gasteiger partial charge in [0, 0.05) is 24.9 Å². The minimum atomic E-state index is 0.0140. The molecule has 3 aliphatic rings. The highest BCUT2D eigenvalue weighted by Gasteiger charge is 2.52. The molecule has 2 aromatic carbocycles. The molecule has 1 heterocycles. The number of nitrogens with zero attached hydrogens (tertiary/aromatic N) is 1. The van der Waals surface area contributed by atoms with E-state index < -0.39 is 0 Å². The van der Waals surface area contributed by atoms with E-state index in [0.29, 0.717) is 24.9 Å². The van der Waals surface area contributed by atoms with Crippen LogP contribution in [0.2, 0.25) is 0 Å². The highest BCUT2D eigenvalue weighted by atomic mass is 16.5. The van der Waals surface area contributed by atoms with Crippen molar-refractivity contribution >= 4 is 17.2 Å². The van der Waals surface area contributed by atoms with Gasteiger partial charge in [0.2, 0.25) is 0 Å². The minimum absolute atomic E-state index is 0.0140. The Kier molecular flexibility index (Phi) is 5.72. The molecule has 0 amide bonds. The Bertz CT molecular complexity index is 1000. The molecule has 0 radical (unpaired) electrons. The molecule has 3 atom stereocenters. The van der Waals surface area contributed by atoms with Crippen LogP contribution in [-0.2, 0) is 10.2 Å². The maximum Gasteiger partial charge on any atom is 0.180 e. The van der Waals surface area contributed by atoms with Crippen molar-refractivity contribution in [2.24, 2.45) is 11.8 Å². The Morgan fingerprint density at radius 3 is 2.75 bits per heavy atom. The molecule has 1 N–H and O–H groups in total. The third-order valence-corrected chi connectivity index (χ3v) is 7.86. The molecule has 32 heavy (non-hydrogen) atoms. The number of para-hydroxylation sites is 2. The fourth-order valence-corrected chi connectivity index (χ4v) is 5.57. The second-order valence-corrected chi connectivity index (χ2v) is 9.93. The van der Waals surface area contributed by atoms with Crippen LogP contribution < -0.4 is 10.1 Å². The molecule has 2 aliphatic carbocycles. The Morgan fingerprint density at radius 2 is 1.97 bits per heavy atom. The van der Waals surface area contributed by atoms with E-state index >= 15 is 0 Å². The number of hydrogen-bond donors (Lipinski definition) is 1. The number of anilines is 2. The molecule has 170 valence electrons. The van der Waals surface area contributed by atoms with Crippen LogP contribution in [0.4, 0.5) is 11.4 Å². The number of likely N-dealkylation sites (tertiary alicyclic amines) is 1. The van der Waals surface area contributed by atoms with Gasteiger partial charge in [-0.25, -0.2) is 0 Å². The third kappa shape index (κ3) is 3.82. The number of Topliss-reactive ketones (excluding diaryl/α,β-unsaturated/α-hetero) is 1. The normalized spacial score (nSPS) is 27.2. The monoisotopic (exact) mass is 434 g/mol. The summed E-state index contributed by atoms with van der Waals surface area (Å²) in [5.74, 6) is 2.22. The maximum absolute atomic E-state index is 13.6. The van der Waals surface area contributed by atoms with Crippen LogP contribution >= 0.6 is 0 Å². The van der Waals surface area contributed by atoms with Crippen LogP contribution in [-0.4, -0.2) is 50.1 Å². The van der Waals surface area contributed by atoms with Crippen molar-refractivity contribution in [3.8, 4) is 5.75 Å². The highest BCUT2D eigenvalue weighted by molar-refractivity contribution is 6.04. The van der Waals surface area contributed by atoms with E-state index in [0.717, 1.165) is 48.1 Å². The minimum Gasteiger partial charge on any atom is -0.489 e. The molecule has 5 nitrogen and oxygen atoms in total. The van der Waals surface area contributed by atoms with E-state index in [2.05, 4.69) is 30.1 Å². The zero-order chi connectivity index (χ0) is 22.3. The summed E-state index contributed by atoms with van der Waals surface area (Å²) in [5.41, 5.74) is 4.03. The molecular formula is C27H34N2O3. The van der Waals surface area contributed by atoms with Crippen LogP contribution in [0.3, 0.4) is 0 Å². The van der Waals surface area contributed by atoms with Crippen molar-refractivity contribution in [1.29, 1.82) is 0 Å². The number of ketones is 1. The largest absolute Gasteiger partial charge is 0.489 e. The number of carbonyl (C=O) groups excluding carboxylic acids is 1. The number of piperidine rings is 1. The number of carbonyl (C=O) groups is 1. The number of fused-ring (bicyclic) bond motifs is 4. The number of benzene rings is 2. The van der Waals surface area contributed by atoms with Gasteiger partial charge in [0.15, 0.2) is 5.78 Å². The average Bonchev–Trinajstić information content (AvgIpc) is 3.61. The SMILES string of the molecule is COCCOc1ccccc1Nc1ccc2c(c1)[C@]1(C)CCN(CC3CC3)C(C2=O)[C@@H]1C. The number of hydrogen-bond acceptors (Lipinski definition) is 5. The van der Waals surface area contributed by atoms with Crippen molar-refractivity contribution in [1.82, 2.24) is 4.90 Å². The lowest BCUT2D eigenvalue weighted by Crippen LogP contribution is -2.61. The van der Waals surface area contributed by atoms with Gasteiger partial charge in [-0.05, 0) is 79.0 Å². The maximum atomic E-state index is 13.6. The zero-order valence-electron chi connectivity index (χ0n) is 19.4. The van der Waals surface area contributed by atoms with E-state index in [1.165, 1.54) is 18.4 Å². The molecule has 0 spiro atoms. The molecule has 1 saturated heterocycles. The second-order valence-electron chi connectivity index (χ2n) is 9.93. The smallest absolute Gasteiger partial charge is 0.180 e. The molecule has 0 aromatic heterocycles. The quantitative estimate of drug-likeness (QED) is 0.591. The molecule has 5 heteroatoms. The van der Waals surface area contributed by atoms with Gasteiger partial charge in [-0.3, -0.25) is 9.69 Å². The lowest BCUT2D eigenvalue weighted by Gasteiger charge is -2.53. The lowest BCUT2D eigenvalue weighted by atomic mass is 9.58. The van der Waals surface area contributed by atoms with Crippen LogP contribution in [0, 0.1) is 11.8 Å². The number of ether oxygens (including phenoxy) is 2. The zero-order valence-corrected chi connectivity index (χ0v) is 19.4. The summed E-state index contributed by atoms with van der Waals surface area (Å²) in [4.78, 5) is 16.0. The summed E-state index contributed by atoms with van der Waals surface area (Å²) in [6.07, 6.45) is 3.74. The molecule has 5 rings (SSSR count). The van der Waals surface area contributed by atoms with Gasteiger partial charge in [-0.15, -0.1) is 0 Å². The van der Waals surface area contributed by atoms with E-state index in [-0.39, 0.29) is 11.5 Å². The molecule has 1 unspecified atom stereocenters. The fourth-order valence-electron chi connectivity index (χ4n) is 5.57. The first kappa shape index (κ1) is 21.5. The van der Waals surface area contributed by atoms with Gasteiger partial charge in [0.1, 0.15) is 12.4 Å². The Morgan fingerprint density at radius 1 is 1.16 bits per heavy atom. The summed E-state index contributed by atoms with van der Waals surface area (Å²) in [6, 6.07) is 14.2. The average molecular weight is 435 g/mol. The van der Waals surface area contributed by atoms with Gasteiger partial charge in [-0.2, -0.15) is 0 Å².